The molecule has 0 atom stereocenters. The Hall–Kier alpha value is -3.98. The first kappa shape index (κ1) is 23.7. The van der Waals surface area contributed by atoms with Gasteiger partial charge >= 0.3 is 5.97 Å². The summed E-state index contributed by atoms with van der Waals surface area (Å²) in [5.74, 6) is -0.709. The Bertz CT molecular complexity index is 1300. The van der Waals surface area contributed by atoms with Gasteiger partial charge in [-0.15, -0.1) is 0 Å². The van der Waals surface area contributed by atoms with Crippen LogP contribution in [0.15, 0.2) is 48.5 Å². The second-order valence-electron chi connectivity index (χ2n) is 8.86. The molecule has 1 aromatic heterocycles. The number of piperidine rings is 1. The fourth-order valence-corrected chi connectivity index (χ4v) is 4.79. The normalized spacial score (nSPS) is 15.7. The lowest BCUT2D eigenvalue weighted by molar-refractivity contribution is -0.119. The fraction of sp³-hybridized carbons (Fsp3) is 0.333. The summed E-state index contributed by atoms with van der Waals surface area (Å²) >= 11 is 0. The number of ether oxygens (including phenoxy) is 1. The highest BCUT2D eigenvalue weighted by atomic mass is 16.5. The van der Waals surface area contributed by atoms with Crippen LogP contribution in [0.2, 0.25) is 0 Å². The van der Waals surface area contributed by atoms with Crippen molar-refractivity contribution in [2.75, 3.05) is 29.5 Å². The highest BCUT2D eigenvalue weighted by molar-refractivity contribution is 6.09. The van der Waals surface area contributed by atoms with Crippen molar-refractivity contribution in [2.24, 2.45) is 0 Å². The minimum atomic E-state index is -0.559. The molecule has 0 spiro atoms. The Morgan fingerprint density at radius 3 is 2.22 bits per heavy atom. The Morgan fingerprint density at radius 1 is 0.917 bits per heavy atom. The summed E-state index contributed by atoms with van der Waals surface area (Å²) in [6.45, 7) is 2.92. The summed E-state index contributed by atoms with van der Waals surface area (Å²) < 4.78 is 6.69. The average molecular weight is 489 g/mol. The molecule has 186 valence electrons. The third kappa shape index (κ3) is 4.26. The number of aromatic nitrogens is 2. The zero-order chi connectivity index (χ0) is 25.2. The number of fused-ring (bicyclic) bond motifs is 1. The highest BCUT2D eigenvalue weighted by Crippen LogP contribution is 2.31. The molecule has 0 saturated carbocycles. The van der Waals surface area contributed by atoms with Gasteiger partial charge in [-0.05, 0) is 68.1 Å². The van der Waals surface area contributed by atoms with Gasteiger partial charge < -0.3 is 19.6 Å². The molecule has 2 amide bonds. The van der Waals surface area contributed by atoms with Gasteiger partial charge in [0.1, 0.15) is 5.69 Å². The van der Waals surface area contributed by atoms with Gasteiger partial charge in [-0.1, -0.05) is 12.1 Å². The number of benzene rings is 2. The number of hydrogen-bond donors (Lipinski definition) is 1. The van der Waals surface area contributed by atoms with E-state index in [1.54, 1.807) is 41.0 Å². The van der Waals surface area contributed by atoms with Crippen molar-refractivity contribution in [3.05, 3.63) is 71.0 Å². The van der Waals surface area contributed by atoms with Gasteiger partial charge in [0.25, 0.3) is 5.91 Å². The summed E-state index contributed by atoms with van der Waals surface area (Å²) in [5.41, 5.74) is 3.89. The molecular weight excluding hydrogens is 460 g/mol. The van der Waals surface area contributed by atoms with E-state index < -0.39 is 5.97 Å². The molecule has 2 aromatic carbocycles. The number of nitrogens with zero attached hydrogens (tertiary/aromatic N) is 4. The topological polar surface area (TPSA) is 105 Å². The second-order valence-corrected chi connectivity index (χ2v) is 8.86. The van der Waals surface area contributed by atoms with Gasteiger partial charge in [-0.2, -0.15) is 5.10 Å². The third-order valence-electron chi connectivity index (χ3n) is 6.65. The van der Waals surface area contributed by atoms with Gasteiger partial charge in [-0.3, -0.25) is 9.59 Å². The van der Waals surface area contributed by atoms with E-state index in [-0.39, 0.29) is 30.7 Å². The van der Waals surface area contributed by atoms with Crippen LogP contribution in [0.3, 0.4) is 0 Å². The molecule has 1 saturated heterocycles. The van der Waals surface area contributed by atoms with Crippen molar-refractivity contribution in [1.82, 2.24) is 9.78 Å². The van der Waals surface area contributed by atoms with Crippen molar-refractivity contribution in [2.45, 2.75) is 39.2 Å². The maximum atomic E-state index is 13.8. The van der Waals surface area contributed by atoms with E-state index in [0.29, 0.717) is 48.6 Å². The highest BCUT2D eigenvalue weighted by Gasteiger charge is 2.35. The van der Waals surface area contributed by atoms with E-state index >= 15 is 0 Å². The summed E-state index contributed by atoms with van der Waals surface area (Å²) in [7, 11) is 0. The predicted molar refractivity (Wildman–Crippen MR) is 133 cm³/mol. The number of carbonyl (C=O) groups excluding carboxylic acids is 3. The zero-order valence-corrected chi connectivity index (χ0v) is 20.1. The van der Waals surface area contributed by atoms with Crippen LogP contribution in [-0.4, -0.2) is 52.4 Å². The number of hydrogen-bond acceptors (Lipinski definition) is 6. The number of aliphatic hydroxyl groups excluding tert-OH is 1. The SMILES string of the molecule is CCOC(=O)c1nn(-c2ccc(CO)cc2)c2c1CCN(c1ccc(N3CCCCC3=O)cc1)C2=O. The van der Waals surface area contributed by atoms with Gasteiger partial charge in [0, 0.05) is 36.4 Å². The van der Waals surface area contributed by atoms with Crippen molar-refractivity contribution < 1.29 is 24.2 Å². The molecule has 0 radical (unpaired) electrons. The monoisotopic (exact) mass is 488 g/mol. The van der Waals surface area contributed by atoms with E-state index in [4.69, 9.17) is 4.74 Å². The van der Waals surface area contributed by atoms with Crippen LogP contribution in [0, 0.1) is 0 Å². The summed E-state index contributed by atoms with van der Waals surface area (Å²) in [4.78, 5) is 42.2. The van der Waals surface area contributed by atoms with Crippen molar-refractivity contribution >= 4 is 29.2 Å². The maximum absolute atomic E-state index is 13.8. The summed E-state index contributed by atoms with van der Waals surface area (Å²) in [5, 5.41) is 13.9. The van der Waals surface area contributed by atoms with E-state index in [1.807, 2.05) is 24.3 Å². The minimum Gasteiger partial charge on any atom is -0.461 e. The molecule has 0 aliphatic carbocycles. The second kappa shape index (κ2) is 9.94. The molecular formula is C27H28N4O5. The Balaban J connectivity index is 1.50. The number of anilines is 2. The Morgan fingerprint density at radius 2 is 1.58 bits per heavy atom. The first-order valence-electron chi connectivity index (χ1n) is 12.2. The fourth-order valence-electron chi connectivity index (χ4n) is 4.79. The number of carbonyl (C=O) groups is 3. The molecule has 0 unspecified atom stereocenters. The van der Waals surface area contributed by atoms with E-state index in [1.165, 1.54) is 4.68 Å². The van der Waals surface area contributed by atoms with Crippen LogP contribution >= 0.6 is 0 Å². The Labute approximate surface area is 208 Å². The van der Waals surface area contributed by atoms with Crippen LogP contribution in [0.25, 0.3) is 5.69 Å². The van der Waals surface area contributed by atoms with Gasteiger partial charge in [0.2, 0.25) is 5.91 Å². The van der Waals surface area contributed by atoms with Crippen LogP contribution in [0.4, 0.5) is 11.4 Å². The maximum Gasteiger partial charge on any atom is 0.359 e. The van der Waals surface area contributed by atoms with Crippen molar-refractivity contribution in [3.8, 4) is 5.69 Å². The molecule has 5 rings (SSSR count). The third-order valence-corrected chi connectivity index (χ3v) is 6.65. The number of aliphatic hydroxyl groups is 1. The first-order valence-corrected chi connectivity index (χ1v) is 12.2. The Kier molecular flexibility index (Phi) is 6.56. The molecule has 1 N–H and O–H groups in total. The molecule has 2 aliphatic heterocycles. The standard InChI is InChI=1S/C27H28N4O5/c1-2-36-27(35)24-22-14-16-30(20-12-10-19(11-13-20)29-15-4-3-5-23(29)33)26(34)25(22)31(28-24)21-8-6-18(17-32)7-9-21/h6-13,32H,2-5,14-17H2,1H3. The van der Waals surface area contributed by atoms with Crippen molar-refractivity contribution in [1.29, 1.82) is 0 Å². The molecule has 0 bridgehead atoms. The molecule has 9 nitrogen and oxygen atoms in total. The first-order chi connectivity index (χ1) is 17.5. The summed E-state index contributed by atoms with van der Waals surface area (Å²) in [6, 6.07) is 14.5. The average Bonchev–Trinajstić information content (AvgIpc) is 3.30. The van der Waals surface area contributed by atoms with Gasteiger partial charge in [0.15, 0.2) is 5.69 Å². The van der Waals surface area contributed by atoms with Gasteiger partial charge in [-0.25, -0.2) is 9.48 Å². The minimum absolute atomic E-state index is 0.0999. The lowest BCUT2D eigenvalue weighted by atomic mass is 10.0. The van der Waals surface area contributed by atoms with E-state index in [2.05, 4.69) is 5.10 Å². The number of rotatable bonds is 6. The zero-order valence-electron chi connectivity index (χ0n) is 20.1. The molecule has 1 fully saturated rings. The quantitative estimate of drug-likeness (QED) is 0.534. The molecule has 3 heterocycles. The molecule has 9 heteroatoms. The number of esters is 1. The van der Waals surface area contributed by atoms with Crippen molar-refractivity contribution in [3.63, 3.8) is 0 Å². The summed E-state index contributed by atoms with van der Waals surface area (Å²) in [6.07, 6.45) is 2.90. The lowest BCUT2D eigenvalue weighted by Crippen LogP contribution is -2.39. The van der Waals surface area contributed by atoms with E-state index in [0.717, 1.165) is 24.1 Å². The molecule has 36 heavy (non-hydrogen) atoms. The molecule has 3 aromatic rings. The van der Waals surface area contributed by atoms with Crippen LogP contribution < -0.4 is 9.80 Å². The smallest absolute Gasteiger partial charge is 0.359 e. The molecule has 2 aliphatic rings. The van der Waals surface area contributed by atoms with Crippen LogP contribution in [-0.2, 0) is 22.6 Å². The lowest BCUT2D eigenvalue weighted by Gasteiger charge is -2.29. The van der Waals surface area contributed by atoms with Crippen LogP contribution in [0.1, 0.15) is 58.3 Å². The van der Waals surface area contributed by atoms with E-state index in [9.17, 15) is 19.5 Å². The number of amides is 2. The largest absolute Gasteiger partial charge is 0.461 e. The van der Waals surface area contributed by atoms with Gasteiger partial charge in [0.05, 0.1) is 18.9 Å². The predicted octanol–water partition coefficient (Wildman–Crippen LogP) is 3.26. The van der Waals surface area contributed by atoms with Crippen LogP contribution in [0.5, 0.6) is 0 Å².